The maximum absolute atomic E-state index is 10.1. The third-order valence-corrected chi connectivity index (χ3v) is 4.78. The number of aromatic nitrogens is 1. The van der Waals surface area contributed by atoms with Crippen LogP contribution in [0.25, 0.3) is 0 Å². The lowest BCUT2D eigenvalue weighted by Gasteiger charge is -2.25. The maximum atomic E-state index is 10.1. The first-order chi connectivity index (χ1) is 9.47. The van der Waals surface area contributed by atoms with Gasteiger partial charge in [-0.05, 0) is 39.3 Å². The van der Waals surface area contributed by atoms with Crippen molar-refractivity contribution in [1.29, 1.82) is 0 Å². The second kappa shape index (κ2) is 6.87. The zero-order chi connectivity index (χ0) is 14.7. The van der Waals surface area contributed by atoms with Crippen LogP contribution in [0.4, 0.5) is 5.13 Å². The number of hydrogen-bond acceptors (Lipinski definition) is 5. The van der Waals surface area contributed by atoms with Crippen molar-refractivity contribution in [2.75, 3.05) is 38.6 Å². The molecule has 2 rings (SSSR count). The van der Waals surface area contributed by atoms with E-state index in [1.165, 1.54) is 4.88 Å². The average molecular weight is 297 g/mol. The standard InChI is InChI=1S/C15H27N3OS/c1-11(2)10-18(9-8-17(3)4)15-16-14-12(19)6-5-7-13(14)20-15/h11-12,19H,5-10H2,1-4H3. The van der Waals surface area contributed by atoms with Crippen molar-refractivity contribution in [3.05, 3.63) is 10.6 Å². The van der Waals surface area contributed by atoms with Crippen molar-refractivity contribution in [3.63, 3.8) is 0 Å². The van der Waals surface area contributed by atoms with E-state index >= 15 is 0 Å². The molecule has 1 aliphatic carbocycles. The van der Waals surface area contributed by atoms with E-state index in [0.717, 1.165) is 49.7 Å². The Hall–Kier alpha value is -0.650. The van der Waals surface area contributed by atoms with Crippen molar-refractivity contribution in [2.45, 2.75) is 39.2 Å². The lowest BCUT2D eigenvalue weighted by atomic mass is 10.0. The number of likely N-dealkylation sites (N-methyl/N-ethyl adjacent to an activating group) is 1. The summed E-state index contributed by atoms with van der Waals surface area (Å²) in [5.41, 5.74) is 0.940. The molecule has 1 atom stereocenters. The normalized spacial score (nSPS) is 18.6. The van der Waals surface area contributed by atoms with Crippen LogP contribution in [0, 0.1) is 5.92 Å². The zero-order valence-corrected chi connectivity index (χ0v) is 13.9. The minimum Gasteiger partial charge on any atom is -0.387 e. The molecule has 1 N–H and O–H groups in total. The molecule has 5 heteroatoms. The first-order valence-electron chi connectivity index (χ1n) is 7.54. The Kier molecular flexibility index (Phi) is 5.41. The lowest BCUT2D eigenvalue weighted by molar-refractivity contribution is 0.153. The van der Waals surface area contributed by atoms with Crippen molar-refractivity contribution < 1.29 is 5.11 Å². The van der Waals surface area contributed by atoms with Gasteiger partial charge in [-0.15, -0.1) is 11.3 Å². The van der Waals surface area contributed by atoms with Gasteiger partial charge in [0.25, 0.3) is 0 Å². The molecule has 1 heterocycles. The van der Waals surface area contributed by atoms with Crippen LogP contribution in [0.1, 0.15) is 43.4 Å². The van der Waals surface area contributed by atoms with Crippen LogP contribution in [-0.2, 0) is 6.42 Å². The fourth-order valence-corrected chi connectivity index (χ4v) is 3.74. The first-order valence-corrected chi connectivity index (χ1v) is 8.36. The van der Waals surface area contributed by atoms with Gasteiger partial charge in [0.1, 0.15) is 0 Å². The largest absolute Gasteiger partial charge is 0.387 e. The second-order valence-corrected chi connectivity index (χ2v) is 7.42. The summed E-state index contributed by atoms with van der Waals surface area (Å²) in [6, 6.07) is 0. The van der Waals surface area contributed by atoms with Crippen LogP contribution in [0.5, 0.6) is 0 Å². The van der Waals surface area contributed by atoms with Gasteiger partial charge in [0.2, 0.25) is 0 Å². The topological polar surface area (TPSA) is 39.6 Å². The number of aliphatic hydroxyl groups excluding tert-OH is 1. The number of thiazole rings is 1. The Morgan fingerprint density at radius 3 is 2.70 bits per heavy atom. The van der Waals surface area contributed by atoms with E-state index in [0.29, 0.717) is 5.92 Å². The number of fused-ring (bicyclic) bond motifs is 1. The molecule has 0 spiro atoms. The highest BCUT2D eigenvalue weighted by atomic mass is 32.1. The summed E-state index contributed by atoms with van der Waals surface area (Å²) < 4.78 is 0. The molecule has 114 valence electrons. The van der Waals surface area contributed by atoms with Gasteiger partial charge in [-0.1, -0.05) is 13.8 Å². The summed E-state index contributed by atoms with van der Waals surface area (Å²) in [4.78, 5) is 10.6. The minimum absolute atomic E-state index is 0.349. The molecular formula is C15H27N3OS. The molecule has 0 fully saturated rings. The summed E-state index contributed by atoms with van der Waals surface area (Å²) in [5, 5.41) is 11.2. The van der Waals surface area contributed by atoms with E-state index in [-0.39, 0.29) is 6.10 Å². The molecule has 4 nitrogen and oxygen atoms in total. The smallest absolute Gasteiger partial charge is 0.185 e. The Bertz CT molecular complexity index is 431. The monoisotopic (exact) mass is 297 g/mol. The second-order valence-electron chi connectivity index (χ2n) is 6.36. The van der Waals surface area contributed by atoms with Crippen LogP contribution in [-0.4, -0.2) is 48.7 Å². The van der Waals surface area contributed by atoms with Crippen LogP contribution in [0.3, 0.4) is 0 Å². The van der Waals surface area contributed by atoms with Gasteiger partial charge in [-0.3, -0.25) is 0 Å². The van der Waals surface area contributed by atoms with Gasteiger partial charge in [-0.2, -0.15) is 0 Å². The molecular weight excluding hydrogens is 270 g/mol. The van der Waals surface area contributed by atoms with Crippen molar-refractivity contribution in [1.82, 2.24) is 9.88 Å². The SMILES string of the molecule is CC(C)CN(CCN(C)C)c1nc2c(s1)CCCC2O. The molecule has 1 aliphatic rings. The molecule has 0 saturated heterocycles. The number of nitrogens with zero attached hydrogens (tertiary/aromatic N) is 3. The Morgan fingerprint density at radius 1 is 1.35 bits per heavy atom. The molecule has 1 aromatic heterocycles. The fourth-order valence-electron chi connectivity index (χ4n) is 2.54. The highest BCUT2D eigenvalue weighted by Crippen LogP contribution is 2.36. The maximum Gasteiger partial charge on any atom is 0.185 e. The quantitative estimate of drug-likeness (QED) is 0.876. The van der Waals surface area contributed by atoms with E-state index in [2.05, 4.69) is 37.7 Å². The predicted molar refractivity (Wildman–Crippen MR) is 85.6 cm³/mol. The summed E-state index contributed by atoms with van der Waals surface area (Å²) in [5.74, 6) is 0.614. The number of hydrogen-bond donors (Lipinski definition) is 1. The van der Waals surface area contributed by atoms with Crippen LogP contribution in [0.15, 0.2) is 0 Å². The van der Waals surface area contributed by atoms with Gasteiger partial charge in [0.05, 0.1) is 11.8 Å². The van der Waals surface area contributed by atoms with Gasteiger partial charge in [0.15, 0.2) is 5.13 Å². The van der Waals surface area contributed by atoms with E-state index < -0.39 is 0 Å². The van der Waals surface area contributed by atoms with Gasteiger partial charge in [-0.25, -0.2) is 4.98 Å². The van der Waals surface area contributed by atoms with Gasteiger partial charge >= 0.3 is 0 Å². The molecule has 1 aromatic rings. The first kappa shape index (κ1) is 15.7. The van der Waals surface area contributed by atoms with Crippen LogP contribution in [0.2, 0.25) is 0 Å². The third-order valence-electron chi connectivity index (χ3n) is 3.59. The fraction of sp³-hybridized carbons (Fsp3) is 0.800. The molecule has 0 amide bonds. The van der Waals surface area contributed by atoms with E-state index in [1.54, 1.807) is 11.3 Å². The Balaban J connectivity index is 2.15. The van der Waals surface area contributed by atoms with Crippen LogP contribution >= 0.6 is 11.3 Å². The Morgan fingerprint density at radius 2 is 2.10 bits per heavy atom. The highest BCUT2D eigenvalue weighted by molar-refractivity contribution is 7.15. The summed E-state index contributed by atoms with van der Waals surface area (Å²) >= 11 is 1.78. The molecule has 0 aromatic carbocycles. The lowest BCUT2D eigenvalue weighted by Crippen LogP contribution is -2.34. The third kappa shape index (κ3) is 3.93. The molecule has 0 bridgehead atoms. The number of aryl methyl sites for hydroxylation is 1. The summed E-state index contributed by atoms with van der Waals surface area (Å²) in [6.45, 7) is 7.53. The molecule has 0 radical (unpaired) electrons. The summed E-state index contributed by atoms with van der Waals surface area (Å²) in [7, 11) is 4.20. The average Bonchev–Trinajstić information content (AvgIpc) is 2.79. The highest BCUT2D eigenvalue weighted by Gasteiger charge is 2.24. The van der Waals surface area contributed by atoms with E-state index in [4.69, 9.17) is 4.98 Å². The van der Waals surface area contributed by atoms with E-state index in [9.17, 15) is 5.11 Å². The molecule has 0 saturated carbocycles. The van der Waals surface area contributed by atoms with E-state index in [1.807, 2.05) is 0 Å². The van der Waals surface area contributed by atoms with Crippen molar-refractivity contribution >= 4 is 16.5 Å². The minimum atomic E-state index is -0.349. The zero-order valence-electron chi connectivity index (χ0n) is 13.1. The summed E-state index contributed by atoms with van der Waals surface area (Å²) in [6.07, 6.45) is 2.67. The number of rotatable bonds is 6. The predicted octanol–water partition coefficient (Wildman–Crippen LogP) is 2.54. The number of anilines is 1. The van der Waals surface area contributed by atoms with Crippen molar-refractivity contribution in [3.8, 4) is 0 Å². The van der Waals surface area contributed by atoms with Gasteiger partial charge in [0, 0.05) is 24.5 Å². The number of aliphatic hydroxyl groups is 1. The molecule has 1 unspecified atom stereocenters. The molecule has 0 aliphatic heterocycles. The Labute approximate surface area is 126 Å². The van der Waals surface area contributed by atoms with Crippen LogP contribution < -0.4 is 4.90 Å². The molecule has 20 heavy (non-hydrogen) atoms. The van der Waals surface area contributed by atoms with Gasteiger partial charge < -0.3 is 14.9 Å². The van der Waals surface area contributed by atoms with Crippen molar-refractivity contribution in [2.24, 2.45) is 5.92 Å².